The number of methoxy groups -OCH3 is 1. The maximum absolute atomic E-state index is 12.9. The van der Waals surface area contributed by atoms with E-state index in [-0.39, 0.29) is 16.4 Å². The van der Waals surface area contributed by atoms with Crippen LogP contribution in [0.4, 0.5) is 21.9 Å². The van der Waals surface area contributed by atoms with E-state index in [1.165, 1.54) is 24.5 Å². The molecule has 11 nitrogen and oxygen atoms in total. The molecule has 1 aromatic heterocycles. The highest BCUT2D eigenvalue weighted by molar-refractivity contribution is 7.13. The van der Waals surface area contributed by atoms with Crippen molar-refractivity contribution < 1.29 is 19.4 Å². The molecular weight excluding hydrogens is 470 g/mol. The van der Waals surface area contributed by atoms with Crippen LogP contribution in [0.25, 0.3) is 0 Å². The number of fused-ring (bicyclic) bond motifs is 1. The molecule has 0 saturated heterocycles. The molecule has 4 N–H and O–H groups in total. The summed E-state index contributed by atoms with van der Waals surface area (Å²) in [4.78, 5) is 35.9. The second-order valence-electron chi connectivity index (χ2n) is 7.36. The summed E-state index contributed by atoms with van der Waals surface area (Å²) in [6.45, 7) is 1.01. The number of nitriles is 1. The van der Waals surface area contributed by atoms with Crippen LogP contribution < -0.4 is 20.7 Å². The van der Waals surface area contributed by atoms with Crippen LogP contribution in [0, 0.1) is 11.5 Å². The van der Waals surface area contributed by atoms with Crippen molar-refractivity contribution in [1.82, 2.24) is 15.2 Å². The molecule has 0 radical (unpaired) electrons. The summed E-state index contributed by atoms with van der Waals surface area (Å²) in [5.74, 6) is 0.407. The molecule has 3 aromatic rings. The number of aliphatic imine (C=N–C) groups is 1. The van der Waals surface area contributed by atoms with Crippen molar-refractivity contribution in [2.24, 2.45) is 4.99 Å². The van der Waals surface area contributed by atoms with Gasteiger partial charge in [-0.15, -0.1) is 11.3 Å². The van der Waals surface area contributed by atoms with E-state index in [2.05, 4.69) is 25.9 Å². The first kappa shape index (κ1) is 23.5. The number of anilines is 2. The van der Waals surface area contributed by atoms with Gasteiger partial charge in [-0.2, -0.15) is 5.26 Å². The number of rotatable bonds is 5. The summed E-state index contributed by atoms with van der Waals surface area (Å²) in [7, 11) is 1.46. The van der Waals surface area contributed by atoms with Crippen molar-refractivity contribution in [3.8, 4) is 11.9 Å². The molecule has 0 fully saturated rings. The van der Waals surface area contributed by atoms with Gasteiger partial charge in [0.25, 0.3) is 5.91 Å². The maximum Gasteiger partial charge on any atom is 0.409 e. The number of hydrogen-bond acceptors (Lipinski definition) is 7. The molecule has 12 heteroatoms. The zero-order chi connectivity index (χ0) is 24.8. The van der Waals surface area contributed by atoms with Crippen LogP contribution >= 0.6 is 11.3 Å². The van der Waals surface area contributed by atoms with Crippen molar-refractivity contribution in [1.29, 1.82) is 5.26 Å². The molecule has 4 rings (SSSR count). The molecule has 178 valence electrons. The second-order valence-corrected chi connectivity index (χ2v) is 8.45. The molecule has 1 aliphatic rings. The lowest BCUT2D eigenvalue weighted by Crippen LogP contribution is -2.42. The number of thiazole rings is 1. The average Bonchev–Trinajstić information content (AvgIpc) is 3.29. The fourth-order valence-corrected chi connectivity index (χ4v) is 4.50. The number of guanidine groups is 1. The van der Waals surface area contributed by atoms with E-state index in [9.17, 15) is 14.9 Å². The number of carboxylic acid groups (broad SMARTS) is 1. The summed E-state index contributed by atoms with van der Waals surface area (Å²) in [5, 5.41) is 26.2. The number of para-hydroxylation sites is 1. The molecule has 0 saturated carbocycles. The largest absolute Gasteiger partial charge is 0.497 e. The molecule has 0 atom stereocenters. The summed E-state index contributed by atoms with van der Waals surface area (Å²) in [6.07, 6.45) is 1.24. The number of amides is 2. The number of aromatic nitrogens is 1. The third-order valence-electron chi connectivity index (χ3n) is 5.10. The van der Waals surface area contributed by atoms with Gasteiger partial charge < -0.3 is 20.1 Å². The Morgan fingerprint density at radius 2 is 2.00 bits per heavy atom. The zero-order valence-electron chi connectivity index (χ0n) is 18.6. The van der Waals surface area contributed by atoms with Crippen molar-refractivity contribution in [3.05, 3.63) is 64.1 Å². The maximum atomic E-state index is 12.9. The first-order valence-electron chi connectivity index (χ1n) is 10.5. The van der Waals surface area contributed by atoms with Gasteiger partial charge in [-0.3, -0.25) is 15.4 Å². The number of nitrogens with one attached hydrogen (secondary N) is 3. The van der Waals surface area contributed by atoms with E-state index < -0.39 is 12.0 Å². The minimum Gasteiger partial charge on any atom is -0.497 e. The number of carbonyl (C=O) groups excluding carboxylic acids is 1. The van der Waals surface area contributed by atoms with Crippen LogP contribution in [-0.4, -0.2) is 46.6 Å². The smallest absolute Gasteiger partial charge is 0.409 e. The molecule has 0 unspecified atom stereocenters. The predicted octanol–water partition coefficient (Wildman–Crippen LogP) is 3.61. The van der Waals surface area contributed by atoms with E-state index in [0.29, 0.717) is 36.9 Å². The van der Waals surface area contributed by atoms with E-state index in [1.807, 2.05) is 41.4 Å². The molecular formula is C23H21N7O4S. The lowest BCUT2D eigenvalue weighted by Gasteiger charge is -2.28. The Hall–Kier alpha value is -4.63. The number of ether oxygens (including phenoxy) is 1. The number of nitrogens with zero attached hydrogens (tertiary/aromatic N) is 4. The zero-order valence-corrected chi connectivity index (χ0v) is 19.4. The van der Waals surface area contributed by atoms with E-state index in [4.69, 9.17) is 9.84 Å². The number of benzene rings is 2. The van der Waals surface area contributed by atoms with Gasteiger partial charge in [-0.1, -0.05) is 18.2 Å². The van der Waals surface area contributed by atoms with Crippen molar-refractivity contribution >= 4 is 46.4 Å². The Morgan fingerprint density at radius 3 is 2.71 bits per heavy atom. The summed E-state index contributed by atoms with van der Waals surface area (Å²) < 4.78 is 5.12. The molecule has 1 aliphatic heterocycles. The topological polar surface area (TPSA) is 152 Å². The molecule has 2 amide bonds. The monoisotopic (exact) mass is 491 g/mol. The molecule has 2 heterocycles. The van der Waals surface area contributed by atoms with Gasteiger partial charge in [0.05, 0.1) is 36.4 Å². The number of hydrogen-bond donors (Lipinski definition) is 4. The SMILES string of the molecule is COc1ccc(NC(=O)c2nc3c(s2)CN(/C(=N/c2ccccc2)NC#N)CC3)c(NC(=O)O)c1. The molecule has 0 aliphatic carbocycles. The molecule has 0 bridgehead atoms. The van der Waals surface area contributed by atoms with Gasteiger partial charge in [0.15, 0.2) is 11.2 Å². The lowest BCUT2D eigenvalue weighted by atomic mass is 10.2. The van der Waals surface area contributed by atoms with Crippen molar-refractivity contribution in [3.63, 3.8) is 0 Å². The van der Waals surface area contributed by atoms with Crippen LogP contribution in [0.2, 0.25) is 0 Å². The van der Waals surface area contributed by atoms with Gasteiger partial charge in [-0.25, -0.2) is 14.8 Å². The first-order chi connectivity index (χ1) is 17.0. The highest BCUT2D eigenvalue weighted by Crippen LogP contribution is 2.30. The summed E-state index contributed by atoms with van der Waals surface area (Å²) in [6, 6.07) is 14.0. The van der Waals surface area contributed by atoms with E-state index in [0.717, 1.165) is 10.6 Å². The predicted molar refractivity (Wildman–Crippen MR) is 131 cm³/mol. The van der Waals surface area contributed by atoms with Gasteiger partial charge in [0.1, 0.15) is 5.75 Å². The summed E-state index contributed by atoms with van der Waals surface area (Å²) in [5.41, 5.74) is 1.99. The van der Waals surface area contributed by atoms with Crippen LogP contribution in [0.1, 0.15) is 20.4 Å². The Labute approximate surface area is 204 Å². The van der Waals surface area contributed by atoms with Gasteiger partial charge >= 0.3 is 6.09 Å². The van der Waals surface area contributed by atoms with Gasteiger partial charge in [0, 0.05) is 23.9 Å². The standard InChI is InChI=1S/C23H21N7O4S/c1-34-15-7-8-16(18(11-15)29-23(32)33)27-20(31)21-28-17-9-10-30(12-19(17)35-21)22(25-13-24)26-14-5-3-2-4-6-14/h2-8,11,29H,9-10,12H2,1H3,(H,25,26)(H,27,31)(H,32,33). The number of carbonyl (C=O) groups is 2. The van der Waals surface area contributed by atoms with Crippen LogP contribution in [0.3, 0.4) is 0 Å². The van der Waals surface area contributed by atoms with Gasteiger partial charge in [-0.05, 0) is 24.3 Å². The normalized spacial score (nSPS) is 12.8. The Balaban J connectivity index is 1.52. The molecule has 35 heavy (non-hydrogen) atoms. The average molecular weight is 492 g/mol. The lowest BCUT2D eigenvalue weighted by molar-refractivity contribution is 0.102. The van der Waals surface area contributed by atoms with Crippen molar-refractivity contribution in [2.75, 3.05) is 24.3 Å². The third-order valence-corrected chi connectivity index (χ3v) is 6.18. The van der Waals surface area contributed by atoms with Gasteiger partial charge in [0.2, 0.25) is 5.96 Å². The van der Waals surface area contributed by atoms with Crippen LogP contribution in [0.5, 0.6) is 5.75 Å². The summed E-state index contributed by atoms with van der Waals surface area (Å²) >= 11 is 1.24. The third kappa shape index (κ3) is 5.66. The first-order valence-corrected chi connectivity index (χ1v) is 11.3. The fourth-order valence-electron chi connectivity index (χ4n) is 3.48. The Bertz CT molecular complexity index is 1320. The highest BCUT2D eigenvalue weighted by atomic mass is 32.1. The minimum atomic E-state index is -1.27. The minimum absolute atomic E-state index is 0.182. The fraction of sp³-hybridized carbons (Fsp3) is 0.174. The van der Waals surface area contributed by atoms with Crippen molar-refractivity contribution in [2.45, 2.75) is 13.0 Å². The molecule has 0 spiro atoms. The van der Waals surface area contributed by atoms with Crippen LogP contribution in [0.15, 0.2) is 53.5 Å². The van der Waals surface area contributed by atoms with Crippen LogP contribution in [-0.2, 0) is 13.0 Å². The Kier molecular flexibility index (Phi) is 7.08. The highest BCUT2D eigenvalue weighted by Gasteiger charge is 2.25. The van der Waals surface area contributed by atoms with E-state index >= 15 is 0 Å². The van der Waals surface area contributed by atoms with E-state index in [1.54, 1.807) is 12.1 Å². The Morgan fingerprint density at radius 1 is 1.20 bits per heavy atom. The second kappa shape index (κ2) is 10.5. The molecule has 2 aromatic carbocycles. The quantitative estimate of drug-likeness (QED) is 0.183.